The molecule has 0 aromatic heterocycles. The molecule has 1 aromatic rings. The molecule has 0 saturated carbocycles. The topological polar surface area (TPSA) is 55.8 Å². The van der Waals surface area contributed by atoms with Gasteiger partial charge in [-0.2, -0.15) is 0 Å². The Morgan fingerprint density at radius 3 is 2.24 bits per heavy atom. The zero-order valence-corrected chi connectivity index (χ0v) is 12.8. The van der Waals surface area contributed by atoms with Crippen LogP contribution in [0.15, 0.2) is 30.3 Å². The van der Waals surface area contributed by atoms with Crippen LogP contribution in [0.2, 0.25) is 0 Å². The maximum Gasteiger partial charge on any atom is 0.258 e. The third kappa shape index (κ3) is 4.24. The number of nitrogens with zero attached hydrogens (tertiary/aromatic N) is 1. The number of carbonyl (C=O) groups is 2. The van der Waals surface area contributed by atoms with Crippen molar-refractivity contribution in [3.05, 3.63) is 41.5 Å². The van der Waals surface area contributed by atoms with Crippen molar-refractivity contribution in [2.24, 2.45) is 0 Å². The summed E-state index contributed by atoms with van der Waals surface area (Å²) in [6.45, 7) is 3.55. The molecule has 0 N–H and O–H groups in total. The van der Waals surface area contributed by atoms with Gasteiger partial charge in [0.25, 0.3) is 5.91 Å². The van der Waals surface area contributed by atoms with Crippen LogP contribution in [-0.2, 0) is 14.3 Å². The van der Waals surface area contributed by atoms with E-state index in [1.54, 1.807) is 38.1 Å². The maximum atomic E-state index is 12.8. The van der Waals surface area contributed by atoms with Crippen molar-refractivity contribution in [2.75, 3.05) is 14.2 Å². The molecule has 0 radical (unpaired) electrons. The molecule has 21 heavy (non-hydrogen) atoms. The lowest BCUT2D eigenvalue weighted by Gasteiger charge is -2.33. The Morgan fingerprint density at radius 1 is 1.14 bits per heavy atom. The standard InChI is InChI=1S/C16H21NO4/c1-12(20-3)17(13(2)21-4)16(19)15-10-6-5-8-14(15)9-7-11-18/h5-13H,1-4H3/b9-7+. The van der Waals surface area contributed by atoms with E-state index >= 15 is 0 Å². The van der Waals surface area contributed by atoms with Gasteiger partial charge in [-0.05, 0) is 31.6 Å². The minimum atomic E-state index is -0.435. The van der Waals surface area contributed by atoms with Crippen LogP contribution in [0.5, 0.6) is 0 Å². The summed E-state index contributed by atoms with van der Waals surface area (Å²) in [5.41, 5.74) is 1.16. The lowest BCUT2D eigenvalue weighted by Crippen LogP contribution is -2.46. The Kier molecular flexibility index (Phi) is 6.78. The molecular weight excluding hydrogens is 270 g/mol. The minimum Gasteiger partial charge on any atom is -0.362 e. The zero-order valence-electron chi connectivity index (χ0n) is 12.8. The van der Waals surface area contributed by atoms with Crippen LogP contribution in [0.25, 0.3) is 6.08 Å². The highest BCUT2D eigenvalue weighted by molar-refractivity contribution is 5.98. The maximum absolute atomic E-state index is 12.8. The summed E-state index contributed by atoms with van der Waals surface area (Å²) >= 11 is 0. The first kappa shape index (κ1) is 17.1. The SMILES string of the molecule is COC(C)N(C(=O)c1ccccc1/C=C/C=O)C(C)OC. The minimum absolute atomic E-state index is 0.218. The van der Waals surface area contributed by atoms with Crippen LogP contribution in [0.3, 0.4) is 0 Å². The van der Waals surface area contributed by atoms with E-state index in [4.69, 9.17) is 9.47 Å². The molecule has 0 bridgehead atoms. The highest BCUT2D eigenvalue weighted by atomic mass is 16.5. The third-order valence-electron chi connectivity index (χ3n) is 3.25. The van der Waals surface area contributed by atoms with E-state index in [1.807, 2.05) is 6.07 Å². The van der Waals surface area contributed by atoms with Gasteiger partial charge in [-0.15, -0.1) is 0 Å². The number of rotatable bonds is 7. The van der Waals surface area contributed by atoms with E-state index in [2.05, 4.69) is 0 Å². The quantitative estimate of drug-likeness (QED) is 0.439. The fraction of sp³-hybridized carbons (Fsp3) is 0.375. The first-order chi connectivity index (χ1) is 10.1. The fourth-order valence-electron chi connectivity index (χ4n) is 1.97. The largest absolute Gasteiger partial charge is 0.362 e. The molecule has 0 spiro atoms. The average Bonchev–Trinajstić information content (AvgIpc) is 2.52. The second kappa shape index (κ2) is 8.34. The van der Waals surface area contributed by atoms with Crippen LogP contribution in [0.1, 0.15) is 29.8 Å². The van der Waals surface area contributed by atoms with Crippen LogP contribution < -0.4 is 0 Å². The normalized spacial score (nSPS) is 13.9. The van der Waals surface area contributed by atoms with E-state index < -0.39 is 12.5 Å². The van der Waals surface area contributed by atoms with Crippen molar-refractivity contribution in [3.8, 4) is 0 Å². The summed E-state index contributed by atoms with van der Waals surface area (Å²) in [7, 11) is 3.07. The number of ether oxygens (including phenoxy) is 2. The first-order valence-corrected chi connectivity index (χ1v) is 6.66. The number of hydrogen-bond acceptors (Lipinski definition) is 4. The van der Waals surface area contributed by atoms with Gasteiger partial charge in [-0.3, -0.25) is 14.5 Å². The molecule has 2 atom stereocenters. The summed E-state index contributed by atoms with van der Waals surface area (Å²) in [4.78, 5) is 24.8. The van der Waals surface area contributed by atoms with Gasteiger partial charge < -0.3 is 9.47 Å². The highest BCUT2D eigenvalue weighted by Gasteiger charge is 2.27. The Balaban J connectivity index is 3.20. The predicted octanol–water partition coefficient (Wildman–Crippen LogP) is 2.33. The van der Waals surface area contributed by atoms with Crippen LogP contribution in [0, 0.1) is 0 Å². The highest BCUT2D eigenvalue weighted by Crippen LogP contribution is 2.18. The summed E-state index contributed by atoms with van der Waals surface area (Å²) in [6, 6.07) is 7.08. The van der Waals surface area contributed by atoms with Crippen molar-refractivity contribution in [3.63, 3.8) is 0 Å². The number of benzene rings is 1. The van der Waals surface area contributed by atoms with Gasteiger partial charge >= 0.3 is 0 Å². The summed E-state index contributed by atoms with van der Waals surface area (Å²) in [5.74, 6) is -0.218. The van der Waals surface area contributed by atoms with E-state index in [0.29, 0.717) is 17.4 Å². The van der Waals surface area contributed by atoms with Crippen molar-refractivity contribution in [2.45, 2.75) is 26.3 Å². The molecule has 0 heterocycles. The van der Waals surface area contributed by atoms with E-state index in [-0.39, 0.29) is 5.91 Å². The van der Waals surface area contributed by atoms with E-state index in [1.165, 1.54) is 25.2 Å². The number of allylic oxidation sites excluding steroid dienone is 1. The monoisotopic (exact) mass is 291 g/mol. The molecule has 0 fully saturated rings. The first-order valence-electron chi connectivity index (χ1n) is 6.66. The van der Waals surface area contributed by atoms with Gasteiger partial charge in [0.2, 0.25) is 0 Å². The number of amides is 1. The third-order valence-corrected chi connectivity index (χ3v) is 3.25. The lowest BCUT2D eigenvalue weighted by molar-refractivity contribution is -0.104. The van der Waals surface area contributed by atoms with Gasteiger partial charge in [-0.25, -0.2) is 0 Å². The van der Waals surface area contributed by atoms with Crippen molar-refractivity contribution in [1.29, 1.82) is 0 Å². The van der Waals surface area contributed by atoms with Crippen LogP contribution in [-0.4, -0.2) is 43.8 Å². The second-order valence-corrected chi connectivity index (χ2v) is 4.46. The molecule has 1 aromatic carbocycles. The average molecular weight is 291 g/mol. The molecular formula is C16H21NO4. The molecule has 0 saturated heterocycles. The Bertz CT molecular complexity index is 503. The summed E-state index contributed by atoms with van der Waals surface area (Å²) in [5, 5.41) is 0. The molecule has 5 nitrogen and oxygen atoms in total. The van der Waals surface area contributed by atoms with Gasteiger partial charge in [0, 0.05) is 19.8 Å². The molecule has 5 heteroatoms. The summed E-state index contributed by atoms with van der Waals surface area (Å²) < 4.78 is 10.5. The Labute approximate surface area is 125 Å². The van der Waals surface area contributed by atoms with Gasteiger partial charge in [-0.1, -0.05) is 24.3 Å². The number of carbonyl (C=O) groups excluding carboxylic acids is 2. The molecule has 2 unspecified atom stereocenters. The van der Waals surface area contributed by atoms with Crippen LogP contribution >= 0.6 is 0 Å². The number of aldehydes is 1. The summed E-state index contributed by atoms with van der Waals surface area (Å²) in [6.07, 6.45) is 2.77. The molecule has 1 rings (SSSR count). The van der Waals surface area contributed by atoms with E-state index in [0.717, 1.165) is 0 Å². The van der Waals surface area contributed by atoms with Crippen molar-refractivity contribution in [1.82, 2.24) is 4.90 Å². The predicted molar refractivity (Wildman–Crippen MR) is 80.7 cm³/mol. The number of hydrogen-bond donors (Lipinski definition) is 0. The van der Waals surface area contributed by atoms with Crippen molar-refractivity contribution < 1.29 is 19.1 Å². The van der Waals surface area contributed by atoms with E-state index in [9.17, 15) is 9.59 Å². The second-order valence-electron chi connectivity index (χ2n) is 4.46. The molecule has 114 valence electrons. The smallest absolute Gasteiger partial charge is 0.258 e. The van der Waals surface area contributed by atoms with Gasteiger partial charge in [0.15, 0.2) is 0 Å². The van der Waals surface area contributed by atoms with Gasteiger partial charge in [0.1, 0.15) is 18.7 Å². The molecule has 1 amide bonds. The van der Waals surface area contributed by atoms with Crippen LogP contribution in [0.4, 0.5) is 0 Å². The molecule has 0 aliphatic rings. The fourth-order valence-corrected chi connectivity index (χ4v) is 1.97. The zero-order chi connectivity index (χ0) is 15.8. The molecule has 0 aliphatic carbocycles. The molecule has 0 aliphatic heterocycles. The lowest BCUT2D eigenvalue weighted by atomic mass is 10.1. The van der Waals surface area contributed by atoms with Gasteiger partial charge in [0.05, 0.1) is 0 Å². The Morgan fingerprint density at radius 2 is 1.71 bits per heavy atom. The number of methoxy groups -OCH3 is 2. The van der Waals surface area contributed by atoms with Crippen molar-refractivity contribution >= 4 is 18.3 Å². The Hall–Kier alpha value is -1.98.